The lowest BCUT2D eigenvalue weighted by molar-refractivity contribution is 0.382. The molecule has 1 aromatic rings. The van der Waals surface area contributed by atoms with Crippen molar-refractivity contribution < 1.29 is 4.74 Å². The van der Waals surface area contributed by atoms with Crippen molar-refractivity contribution in [2.45, 2.75) is 45.6 Å². The van der Waals surface area contributed by atoms with Gasteiger partial charge in [-0.15, -0.1) is 0 Å². The van der Waals surface area contributed by atoms with Gasteiger partial charge in [-0.25, -0.2) is 0 Å². The van der Waals surface area contributed by atoms with Crippen molar-refractivity contribution in [1.82, 2.24) is 0 Å². The molecule has 1 aliphatic rings. The van der Waals surface area contributed by atoms with Crippen molar-refractivity contribution in [1.29, 1.82) is 0 Å². The van der Waals surface area contributed by atoms with Crippen LogP contribution < -0.4 is 10.5 Å². The summed E-state index contributed by atoms with van der Waals surface area (Å²) in [5, 5.41) is 0. The second kappa shape index (κ2) is 5.09. The lowest BCUT2D eigenvalue weighted by Crippen LogP contribution is -2.20. The van der Waals surface area contributed by atoms with Crippen molar-refractivity contribution in [2.75, 3.05) is 7.11 Å². The Balaban J connectivity index is 2.33. The van der Waals surface area contributed by atoms with E-state index in [1.807, 2.05) is 0 Å². The first-order valence-electron chi connectivity index (χ1n) is 6.54. The van der Waals surface area contributed by atoms with Crippen LogP contribution in [0.5, 0.6) is 5.75 Å². The van der Waals surface area contributed by atoms with Gasteiger partial charge >= 0.3 is 0 Å². The van der Waals surface area contributed by atoms with Gasteiger partial charge in [0, 0.05) is 11.6 Å². The number of nitrogens with two attached hydrogens (primary N) is 1. The van der Waals surface area contributed by atoms with Crippen molar-refractivity contribution >= 4 is 0 Å². The third-order valence-corrected chi connectivity index (χ3v) is 4.18. The van der Waals surface area contributed by atoms with Crippen LogP contribution in [0.15, 0.2) is 12.1 Å². The van der Waals surface area contributed by atoms with Gasteiger partial charge in [0.25, 0.3) is 0 Å². The first kappa shape index (κ1) is 12.4. The number of ether oxygens (including phenoxy) is 1. The van der Waals surface area contributed by atoms with Gasteiger partial charge in [-0.1, -0.05) is 25.0 Å². The predicted molar refractivity (Wildman–Crippen MR) is 71.4 cm³/mol. The summed E-state index contributed by atoms with van der Waals surface area (Å²) in [6, 6.07) is 4.43. The van der Waals surface area contributed by atoms with E-state index in [-0.39, 0.29) is 6.04 Å². The molecule has 0 bridgehead atoms. The molecule has 1 unspecified atom stereocenters. The molecule has 1 atom stereocenters. The fourth-order valence-corrected chi connectivity index (χ4v) is 2.91. The van der Waals surface area contributed by atoms with Crippen LogP contribution >= 0.6 is 0 Å². The van der Waals surface area contributed by atoms with E-state index >= 15 is 0 Å². The van der Waals surface area contributed by atoms with Gasteiger partial charge in [0.1, 0.15) is 5.75 Å². The Bertz CT molecular complexity index is 394. The van der Waals surface area contributed by atoms with Gasteiger partial charge < -0.3 is 10.5 Å². The molecule has 1 aliphatic carbocycles. The maximum atomic E-state index is 6.42. The Hall–Kier alpha value is -1.02. The van der Waals surface area contributed by atoms with Crippen molar-refractivity contribution in [3.05, 3.63) is 28.8 Å². The largest absolute Gasteiger partial charge is 0.496 e. The summed E-state index contributed by atoms with van der Waals surface area (Å²) >= 11 is 0. The van der Waals surface area contributed by atoms with Gasteiger partial charge in [0.15, 0.2) is 0 Å². The summed E-state index contributed by atoms with van der Waals surface area (Å²) in [7, 11) is 1.74. The van der Waals surface area contributed by atoms with Gasteiger partial charge in [-0.2, -0.15) is 0 Å². The molecule has 1 fully saturated rings. The third kappa shape index (κ3) is 2.32. The average molecular weight is 233 g/mol. The van der Waals surface area contributed by atoms with Crippen LogP contribution in [0.2, 0.25) is 0 Å². The fourth-order valence-electron chi connectivity index (χ4n) is 2.91. The van der Waals surface area contributed by atoms with E-state index in [9.17, 15) is 0 Å². The van der Waals surface area contributed by atoms with Crippen LogP contribution in [0.1, 0.15) is 48.4 Å². The first-order valence-corrected chi connectivity index (χ1v) is 6.54. The molecule has 1 aromatic carbocycles. The van der Waals surface area contributed by atoms with Crippen LogP contribution in [0, 0.1) is 19.8 Å². The molecule has 2 rings (SSSR count). The summed E-state index contributed by atoms with van der Waals surface area (Å²) in [6.07, 6.45) is 5.17. The van der Waals surface area contributed by atoms with E-state index < -0.39 is 0 Å². The lowest BCUT2D eigenvalue weighted by Gasteiger charge is -2.23. The molecule has 1 saturated carbocycles. The third-order valence-electron chi connectivity index (χ3n) is 4.18. The summed E-state index contributed by atoms with van der Waals surface area (Å²) < 4.78 is 5.56. The number of benzene rings is 1. The zero-order valence-electron chi connectivity index (χ0n) is 11.1. The molecular formula is C15H23NO. The molecule has 0 saturated heterocycles. The highest BCUT2D eigenvalue weighted by molar-refractivity contribution is 5.46. The predicted octanol–water partition coefficient (Wildman–Crippen LogP) is 3.50. The summed E-state index contributed by atoms with van der Waals surface area (Å²) in [5.41, 5.74) is 10.1. The van der Waals surface area contributed by atoms with Crippen LogP contribution in [0.3, 0.4) is 0 Å². The van der Waals surface area contributed by atoms with Crippen LogP contribution in [0.25, 0.3) is 0 Å². The summed E-state index contributed by atoms with van der Waals surface area (Å²) in [4.78, 5) is 0. The molecule has 2 heteroatoms. The van der Waals surface area contributed by atoms with E-state index in [4.69, 9.17) is 10.5 Å². The smallest absolute Gasteiger partial charge is 0.126 e. The number of hydrogen-bond acceptors (Lipinski definition) is 2. The highest BCUT2D eigenvalue weighted by Gasteiger charge is 2.26. The molecule has 0 aliphatic heterocycles. The number of aryl methyl sites for hydroxylation is 1. The van der Waals surface area contributed by atoms with E-state index in [1.54, 1.807) is 7.11 Å². The van der Waals surface area contributed by atoms with E-state index in [0.717, 1.165) is 5.75 Å². The van der Waals surface area contributed by atoms with Crippen molar-refractivity contribution in [3.8, 4) is 5.75 Å². The Labute approximate surface area is 104 Å². The molecule has 0 amide bonds. The monoisotopic (exact) mass is 233 g/mol. The van der Waals surface area contributed by atoms with Gasteiger partial charge in [0.2, 0.25) is 0 Å². The zero-order valence-corrected chi connectivity index (χ0v) is 11.1. The Kier molecular flexibility index (Phi) is 3.72. The molecular weight excluding hydrogens is 210 g/mol. The standard InChI is InChI=1S/C15H23NO/c1-10-8-9-13(15(17-3)11(10)2)14(16)12-6-4-5-7-12/h8-9,12,14H,4-7,16H2,1-3H3. The van der Waals surface area contributed by atoms with Crippen molar-refractivity contribution in [3.63, 3.8) is 0 Å². The molecule has 17 heavy (non-hydrogen) atoms. The van der Waals surface area contributed by atoms with E-state index in [0.29, 0.717) is 5.92 Å². The summed E-state index contributed by atoms with van der Waals surface area (Å²) in [6.45, 7) is 4.22. The molecule has 0 spiro atoms. The van der Waals surface area contributed by atoms with Gasteiger partial charge in [-0.05, 0) is 43.7 Å². The quantitative estimate of drug-likeness (QED) is 0.867. The lowest BCUT2D eigenvalue weighted by atomic mass is 9.90. The molecule has 0 aromatic heterocycles. The maximum absolute atomic E-state index is 6.42. The minimum Gasteiger partial charge on any atom is -0.496 e. The molecule has 0 heterocycles. The van der Waals surface area contributed by atoms with E-state index in [2.05, 4.69) is 26.0 Å². The minimum atomic E-state index is 0.131. The second-order valence-corrected chi connectivity index (χ2v) is 5.20. The number of methoxy groups -OCH3 is 1. The van der Waals surface area contributed by atoms with Gasteiger partial charge in [-0.3, -0.25) is 0 Å². The van der Waals surface area contributed by atoms with Gasteiger partial charge in [0.05, 0.1) is 7.11 Å². The van der Waals surface area contributed by atoms with E-state index in [1.165, 1.54) is 42.4 Å². The van der Waals surface area contributed by atoms with Crippen LogP contribution in [-0.2, 0) is 0 Å². The van der Waals surface area contributed by atoms with Crippen molar-refractivity contribution in [2.24, 2.45) is 11.7 Å². The zero-order chi connectivity index (χ0) is 12.4. The summed E-state index contributed by atoms with van der Waals surface area (Å²) in [5.74, 6) is 1.62. The molecule has 2 N–H and O–H groups in total. The maximum Gasteiger partial charge on any atom is 0.126 e. The Morgan fingerprint density at radius 1 is 1.24 bits per heavy atom. The SMILES string of the molecule is COc1c(C(N)C2CCCC2)ccc(C)c1C. The molecule has 0 radical (unpaired) electrons. The number of rotatable bonds is 3. The number of hydrogen-bond donors (Lipinski definition) is 1. The minimum absolute atomic E-state index is 0.131. The topological polar surface area (TPSA) is 35.2 Å². The molecule has 2 nitrogen and oxygen atoms in total. The molecule has 94 valence electrons. The highest BCUT2D eigenvalue weighted by atomic mass is 16.5. The van der Waals surface area contributed by atoms with Crippen LogP contribution in [0.4, 0.5) is 0 Å². The normalized spacial score (nSPS) is 18.4. The average Bonchev–Trinajstić information content (AvgIpc) is 2.85. The fraction of sp³-hybridized carbons (Fsp3) is 0.600. The Morgan fingerprint density at radius 2 is 1.88 bits per heavy atom. The Morgan fingerprint density at radius 3 is 2.47 bits per heavy atom. The second-order valence-electron chi connectivity index (χ2n) is 5.20. The first-order chi connectivity index (χ1) is 8.15. The van der Waals surface area contributed by atoms with Crippen LogP contribution in [-0.4, -0.2) is 7.11 Å². The highest BCUT2D eigenvalue weighted by Crippen LogP contribution is 2.39.